The number of anilines is 1. The minimum atomic E-state index is -5.03. The Balaban J connectivity index is 1.81. The monoisotopic (exact) mass is 445 g/mol. The molecule has 30 heavy (non-hydrogen) atoms. The third-order valence-electron chi connectivity index (χ3n) is 4.72. The number of benzene rings is 1. The molecule has 6 nitrogen and oxygen atoms in total. The molecule has 2 heterocycles. The number of carbonyl (C=O) groups is 1. The lowest BCUT2D eigenvalue weighted by molar-refractivity contribution is -0.138. The highest BCUT2D eigenvalue weighted by Crippen LogP contribution is 2.32. The van der Waals surface area contributed by atoms with Crippen molar-refractivity contribution in [3.05, 3.63) is 53.5 Å². The molecule has 1 N–H and O–H groups in total. The second kappa shape index (κ2) is 8.58. The van der Waals surface area contributed by atoms with E-state index in [1.165, 1.54) is 12.1 Å². The fourth-order valence-corrected chi connectivity index (χ4v) is 4.11. The molecular formula is C19H19F4N3O3S. The number of amides is 1. The molecule has 1 aromatic carbocycles. The molecule has 0 bridgehead atoms. The Kier molecular flexibility index (Phi) is 6.30. The first kappa shape index (κ1) is 22.0. The van der Waals surface area contributed by atoms with Gasteiger partial charge in [0, 0.05) is 19.3 Å². The first-order valence-electron chi connectivity index (χ1n) is 9.23. The van der Waals surface area contributed by atoms with E-state index in [0.717, 1.165) is 45.0 Å². The van der Waals surface area contributed by atoms with E-state index in [1.807, 2.05) is 4.90 Å². The Morgan fingerprint density at radius 2 is 1.70 bits per heavy atom. The normalized spacial score (nSPS) is 15.5. The van der Waals surface area contributed by atoms with Crippen LogP contribution in [-0.2, 0) is 16.2 Å². The van der Waals surface area contributed by atoms with Crippen molar-refractivity contribution in [2.24, 2.45) is 0 Å². The standard InChI is InChI=1S/C19H19F4N3O3S/c20-13-5-7-15(16(11-13)19(21,22)23)18(27)25-30(28,29)14-6-8-17(24-12-14)26-9-3-1-2-4-10-26/h5-8,11-12H,1-4,9-10H2,(H,25,27). The van der Waals surface area contributed by atoms with Crippen molar-refractivity contribution in [2.45, 2.75) is 36.8 Å². The van der Waals surface area contributed by atoms with Gasteiger partial charge in [0.1, 0.15) is 16.5 Å². The number of nitrogens with zero attached hydrogens (tertiary/aromatic N) is 2. The summed E-state index contributed by atoms with van der Waals surface area (Å²) in [6.45, 7) is 1.58. The molecule has 1 aliphatic heterocycles. The highest BCUT2D eigenvalue weighted by molar-refractivity contribution is 7.90. The van der Waals surface area contributed by atoms with Gasteiger partial charge in [0.25, 0.3) is 15.9 Å². The van der Waals surface area contributed by atoms with E-state index in [-0.39, 0.29) is 11.0 Å². The van der Waals surface area contributed by atoms with Crippen molar-refractivity contribution in [2.75, 3.05) is 18.0 Å². The van der Waals surface area contributed by atoms with Crippen LogP contribution in [-0.4, -0.2) is 32.4 Å². The van der Waals surface area contributed by atoms with Gasteiger partial charge in [-0.1, -0.05) is 12.8 Å². The molecule has 1 fully saturated rings. The van der Waals surface area contributed by atoms with E-state index in [1.54, 1.807) is 4.72 Å². The van der Waals surface area contributed by atoms with Gasteiger partial charge in [-0.25, -0.2) is 22.5 Å². The van der Waals surface area contributed by atoms with Gasteiger partial charge in [0.2, 0.25) is 0 Å². The molecule has 1 aromatic heterocycles. The fraction of sp³-hybridized carbons (Fsp3) is 0.368. The van der Waals surface area contributed by atoms with Crippen LogP contribution in [0, 0.1) is 5.82 Å². The Bertz CT molecular complexity index is 1020. The molecule has 11 heteroatoms. The maximum Gasteiger partial charge on any atom is 0.417 e. The number of aromatic nitrogens is 1. The summed E-state index contributed by atoms with van der Waals surface area (Å²) in [4.78, 5) is 18.0. The maximum atomic E-state index is 13.2. The average molecular weight is 445 g/mol. The van der Waals surface area contributed by atoms with Crippen molar-refractivity contribution in [1.82, 2.24) is 9.71 Å². The zero-order chi connectivity index (χ0) is 21.9. The van der Waals surface area contributed by atoms with Crippen molar-refractivity contribution >= 4 is 21.7 Å². The van der Waals surface area contributed by atoms with E-state index in [4.69, 9.17) is 0 Å². The summed E-state index contributed by atoms with van der Waals surface area (Å²) < 4.78 is 78.9. The van der Waals surface area contributed by atoms with Crippen LogP contribution in [0.5, 0.6) is 0 Å². The number of hydrogen-bond acceptors (Lipinski definition) is 5. The van der Waals surface area contributed by atoms with Crippen LogP contribution >= 0.6 is 0 Å². The number of carbonyl (C=O) groups excluding carboxylic acids is 1. The summed E-state index contributed by atoms with van der Waals surface area (Å²) in [7, 11) is -4.48. The number of halogens is 4. The van der Waals surface area contributed by atoms with Gasteiger partial charge in [-0.2, -0.15) is 13.2 Å². The quantitative estimate of drug-likeness (QED) is 0.726. The maximum absolute atomic E-state index is 13.2. The van der Waals surface area contributed by atoms with Crippen LogP contribution in [0.3, 0.4) is 0 Å². The van der Waals surface area contributed by atoms with Crippen LogP contribution in [0.4, 0.5) is 23.4 Å². The summed E-state index contributed by atoms with van der Waals surface area (Å²) in [5.41, 5.74) is -2.56. The molecule has 0 aliphatic carbocycles. The summed E-state index contributed by atoms with van der Waals surface area (Å²) in [5.74, 6) is -2.13. The van der Waals surface area contributed by atoms with Crippen LogP contribution in [0.1, 0.15) is 41.6 Å². The summed E-state index contributed by atoms with van der Waals surface area (Å²) in [5, 5.41) is 0. The first-order chi connectivity index (χ1) is 14.1. The van der Waals surface area contributed by atoms with Gasteiger partial charge < -0.3 is 4.90 Å². The molecule has 0 unspecified atom stereocenters. The van der Waals surface area contributed by atoms with Crippen molar-refractivity contribution in [3.8, 4) is 0 Å². The third kappa shape index (κ3) is 5.07. The number of alkyl halides is 3. The van der Waals surface area contributed by atoms with E-state index in [2.05, 4.69) is 4.98 Å². The number of pyridine rings is 1. The average Bonchev–Trinajstić information content (AvgIpc) is 2.96. The van der Waals surface area contributed by atoms with Crippen LogP contribution in [0.15, 0.2) is 41.4 Å². The lowest BCUT2D eigenvalue weighted by Gasteiger charge is -2.21. The predicted octanol–water partition coefficient (Wildman–Crippen LogP) is 3.74. The smallest absolute Gasteiger partial charge is 0.357 e. The zero-order valence-corrected chi connectivity index (χ0v) is 16.6. The lowest BCUT2D eigenvalue weighted by atomic mass is 10.1. The number of nitrogens with one attached hydrogen (secondary N) is 1. The van der Waals surface area contributed by atoms with Crippen LogP contribution in [0.25, 0.3) is 0 Å². The molecule has 1 saturated heterocycles. The molecule has 0 radical (unpaired) electrons. The van der Waals surface area contributed by atoms with Gasteiger partial charge in [-0.05, 0) is 43.2 Å². The highest BCUT2D eigenvalue weighted by Gasteiger charge is 2.36. The molecule has 3 rings (SSSR count). The van der Waals surface area contributed by atoms with Gasteiger partial charge in [0.05, 0.1) is 11.1 Å². The van der Waals surface area contributed by atoms with Crippen molar-refractivity contribution in [1.29, 1.82) is 0 Å². The summed E-state index contributed by atoms with van der Waals surface area (Å²) in [6, 6.07) is 4.10. The van der Waals surface area contributed by atoms with Gasteiger partial charge in [-0.3, -0.25) is 4.79 Å². The highest BCUT2D eigenvalue weighted by atomic mass is 32.2. The SMILES string of the molecule is O=C(NS(=O)(=O)c1ccc(N2CCCCCC2)nc1)c1ccc(F)cc1C(F)(F)F. The summed E-state index contributed by atoms with van der Waals surface area (Å²) in [6.07, 6.45) is 0.227. The number of hydrogen-bond donors (Lipinski definition) is 1. The second-order valence-corrected chi connectivity index (χ2v) is 8.56. The number of rotatable bonds is 4. The Hall–Kier alpha value is -2.69. The zero-order valence-electron chi connectivity index (χ0n) is 15.7. The van der Waals surface area contributed by atoms with E-state index >= 15 is 0 Å². The number of sulfonamides is 1. The predicted molar refractivity (Wildman–Crippen MR) is 101 cm³/mol. The molecular weight excluding hydrogens is 426 g/mol. The van der Waals surface area contributed by atoms with Gasteiger partial charge in [-0.15, -0.1) is 0 Å². The van der Waals surface area contributed by atoms with Crippen molar-refractivity contribution < 1.29 is 30.8 Å². The van der Waals surface area contributed by atoms with E-state index in [0.29, 0.717) is 18.0 Å². The first-order valence-corrected chi connectivity index (χ1v) is 10.7. The Morgan fingerprint density at radius 3 is 2.27 bits per heavy atom. The lowest BCUT2D eigenvalue weighted by Crippen LogP contribution is -2.32. The van der Waals surface area contributed by atoms with E-state index < -0.39 is 39.1 Å². The molecule has 0 atom stereocenters. The van der Waals surface area contributed by atoms with Gasteiger partial charge in [0.15, 0.2) is 0 Å². The topological polar surface area (TPSA) is 79.4 Å². The Morgan fingerprint density at radius 1 is 1.03 bits per heavy atom. The molecule has 162 valence electrons. The Labute approximate surface area is 171 Å². The largest absolute Gasteiger partial charge is 0.417 e. The van der Waals surface area contributed by atoms with Crippen LogP contribution in [0.2, 0.25) is 0 Å². The molecule has 1 aliphatic rings. The third-order valence-corrected chi connectivity index (χ3v) is 6.04. The molecule has 2 aromatic rings. The fourth-order valence-electron chi connectivity index (χ4n) is 3.20. The minimum absolute atomic E-state index is 0.138. The minimum Gasteiger partial charge on any atom is -0.357 e. The molecule has 0 saturated carbocycles. The summed E-state index contributed by atoms with van der Waals surface area (Å²) >= 11 is 0. The van der Waals surface area contributed by atoms with E-state index in [9.17, 15) is 30.8 Å². The van der Waals surface area contributed by atoms with Crippen molar-refractivity contribution in [3.63, 3.8) is 0 Å². The second-order valence-electron chi connectivity index (χ2n) is 6.88. The van der Waals surface area contributed by atoms with Gasteiger partial charge >= 0.3 is 6.18 Å². The molecule has 1 amide bonds. The molecule has 0 spiro atoms. The van der Waals surface area contributed by atoms with Crippen LogP contribution < -0.4 is 9.62 Å².